The number of hydrogen-bond donors (Lipinski definition) is 1. The number of aromatic nitrogens is 2. The number of fused-ring (bicyclic) bond motifs is 2. The summed E-state index contributed by atoms with van der Waals surface area (Å²) in [5, 5.41) is 3.61. The highest BCUT2D eigenvalue weighted by Gasteiger charge is 2.20. The van der Waals surface area contributed by atoms with E-state index in [4.69, 9.17) is 4.98 Å². The number of nitrogens with zero attached hydrogens (tertiary/aromatic N) is 3. The molecular formula is C21H28N4O2. The first kappa shape index (κ1) is 18.2. The van der Waals surface area contributed by atoms with Gasteiger partial charge < -0.3 is 5.32 Å². The zero-order chi connectivity index (χ0) is 18.8. The van der Waals surface area contributed by atoms with Crippen LogP contribution in [0.1, 0.15) is 55.2 Å². The molecule has 1 saturated heterocycles. The minimum Gasteiger partial charge on any atom is -0.351 e. The first-order chi connectivity index (χ1) is 13.1. The van der Waals surface area contributed by atoms with Crippen LogP contribution >= 0.6 is 0 Å². The van der Waals surface area contributed by atoms with E-state index in [1.54, 1.807) is 18.2 Å². The summed E-state index contributed by atoms with van der Waals surface area (Å²) in [6.45, 7) is 5.63. The number of carbonyl (C=O) groups excluding carboxylic acids is 1. The smallest absolute Gasteiger partial charge is 0.261 e. The fourth-order valence-electron chi connectivity index (χ4n) is 4.30. The van der Waals surface area contributed by atoms with E-state index in [0.29, 0.717) is 29.1 Å². The number of benzene rings is 1. The van der Waals surface area contributed by atoms with Gasteiger partial charge >= 0.3 is 0 Å². The minimum atomic E-state index is -0.0967. The number of amides is 1. The molecular weight excluding hydrogens is 340 g/mol. The van der Waals surface area contributed by atoms with E-state index in [9.17, 15) is 9.59 Å². The Balaban J connectivity index is 1.50. The van der Waals surface area contributed by atoms with Gasteiger partial charge in [-0.25, -0.2) is 4.98 Å². The van der Waals surface area contributed by atoms with Crippen LogP contribution in [0.4, 0.5) is 0 Å². The van der Waals surface area contributed by atoms with E-state index >= 15 is 0 Å². The molecule has 6 nitrogen and oxygen atoms in total. The lowest BCUT2D eigenvalue weighted by Crippen LogP contribution is -2.36. The molecule has 0 unspecified atom stereocenters. The first-order valence-electron chi connectivity index (χ1n) is 10.2. The van der Waals surface area contributed by atoms with Crippen LogP contribution in [-0.4, -0.2) is 46.0 Å². The van der Waals surface area contributed by atoms with Crippen LogP contribution in [0.25, 0.3) is 10.9 Å². The predicted molar refractivity (Wildman–Crippen MR) is 106 cm³/mol. The normalized spacial score (nSPS) is 20.4. The SMILES string of the molecule is C[C@H]1CCCN1CCNC(=O)c1ccc2c(=O)n3c(nc2c1)CCCCC3. The van der Waals surface area contributed by atoms with Crippen molar-refractivity contribution in [3.63, 3.8) is 0 Å². The van der Waals surface area contributed by atoms with Crippen LogP contribution in [0, 0.1) is 0 Å². The number of carbonyl (C=O) groups is 1. The third-order valence-electron chi connectivity index (χ3n) is 5.95. The molecule has 2 aromatic rings. The molecule has 1 atom stereocenters. The van der Waals surface area contributed by atoms with Crippen LogP contribution < -0.4 is 10.9 Å². The highest BCUT2D eigenvalue weighted by atomic mass is 16.1. The average Bonchev–Trinajstić information content (AvgIpc) is 2.93. The summed E-state index contributed by atoms with van der Waals surface area (Å²) < 4.78 is 1.81. The molecule has 0 radical (unpaired) electrons. The molecule has 4 rings (SSSR count). The molecule has 144 valence electrons. The van der Waals surface area contributed by atoms with Gasteiger partial charge in [0, 0.05) is 37.7 Å². The first-order valence-corrected chi connectivity index (χ1v) is 10.2. The highest BCUT2D eigenvalue weighted by Crippen LogP contribution is 2.17. The third kappa shape index (κ3) is 3.76. The Hall–Kier alpha value is -2.21. The molecule has 27 heavy (non-hydrogen) atoms. The van der Waals surface area contributed by atoms with E-state index in [0.717, 1.165) is 51.1 Å². The zero-order valence-corrected chi connectivity index (χ0v) is 16.0. The maximum absolute atomic E-state index is 12.8. The van der Waals surface area contributed by atoms with Crippen molar-refractivity contribution in [2.75, 3.05) is 19.6 Å². The van der Waals surface area contributed by atoms with Crippen LogP contribution in [0.3, 0.4) is 0 Å². The van der Waals surface area contributed by atoms with Crippen molar-refractivity contribution in [3.8, 4) is 0 Å². The quantitative estimate of drug-likeness (QED) is 0.899. The van der Waals surface area contributed by atoms with Gasteiger partial charge in [0.05, 0.1) is 10.9 Å². The second kappa shape index (κ2) is 7.80. The lowest BCUT2D eigenvalue weighted by molar-refractivity contribution is 0.0948. The largest absolute Gasteiger partial charge is 0.351 e. The second-order valence-electron chi connectivity index (χ2n) is 7.81. The fourth-order valence-corrected chi connectivity index (χ4v) is 4.30. The molecule has 2 aliphatic rings. The van der Waals surface area contributed by atoms with Gasteiger partial charge in [0.2, 0.25) is 0 Å². The second-order valence-corrected chi connectivity index (χ2v) is 7.81. The molecule has 1 aromatic heterocycles. The average molecular weight is 368 g/mol. The molecule has 1 fully saturated rings. The summed E-state index contributed by atoms with van der Waals surface area (Å²) in [6, 6.07) is 5.86. The van der Waals surface area contributed by atoms with Crippen molar-refractivity contribution in [2.45, 2.75) is 58.0 Å². The van der Waals surface area contributed by atoms with Crippen LogP contribution in [0.15, 0.2) is 23.0 Å². The zero-order valence-electron chi connectivity index (χ0n) is 16.0. The monoisotopic (exact) mass is 368 g/mol. The number of nitrogens with one attached hydrogen (secondary N) is 1. The van der Waals surface area contributed by atoms with Crippen molar-refractivity contribution in [2.24, 2.45) is 0 Å². The third-order valence-corrected chi connectivity index (χ3v) is 5.95. The van der Waals surface area contributed by atoms with Crippen molar-refractivity contribution < 1.29 is 4.79 Å². The lowest BCUT2D eigenvalue weighted by atomic mass is 10.1. The highest BCUT2D eigenvalue weighted by molar-refractivity contribution is 5.97. The van der Waals surface area contributed by atoms with Gasteiger partial charge in [-0.3, -0.25) is 19.1 Å². The van der Waals surface area contributed by atoms with E-state index < -0.39 is 0 Å². The number of rotatable bonds is 4. The van der Waals surface area contributed by atoms with Gasteiger partial charge in [-0.1, -0.05) is 6.42 Å². The van der Waals surface area contributed by atoms with E-state index in [1.165, 1.54) is 12.8 Å². The fraction of sp³-hybridized carbons (Fsp3) is 0.571. The van der Waals surface area contributed by atoms with E-state index in [-0.39, 0.29) is 11.5 Å². The number of aryl methyl sites for hydroxylation is 1. The van der Waals surface area contributed by atoms with E-state index in [2.05, 4.69) is 17.1 Å². The molecule has 1 aromatic carbocycles. The molecule has 0 spiro atoms. The summed E-state index contributed by atoms with van der Waals surface area (Å²) in [6.07, 6.45) is 6.52. The standard InChI is InChI=1S/C21H28N4O2/c1-15-6-5-11-24(15)13-10-22-20(26)16-8-9-17-18(14-16)23-19-7-3-2-4-12-25(19)21(17)27/h8-9,14-15H,2-7,10-13H2,1H3,(H,22,26)/t15-/m0/s1. The molecule has 3 heterocycles. The summed E-state index contributed by atoms with van der Waals surface area (Å²) in [7, 11) is 0. The van der Waals surface area contributed by atoms with Gasteiger partial charge in [0.15, 0.2) is 0 Å². The Morgan fingerprint density at radius 3 is 2.93 bits per heavy atom. The molecule has 0 saturated carbocycles. The Kier molecular flexibility index (Phi) is 5.25. The number of hydrogen-bond acceptors (Lipinski definition) is 4. The Bertz CT molecular complexity index is 905. The molecule has 0 bridgehead atoms. The molecule has 1 N–H and O–H groups in total. The molecule has 1 amide bonds. The Morgan fingerprint density at radius 2 is 2.11 bits per heavy atom. The van der Waals surface area contributed by atoms with Gasteiger partial charge in [-0.15, -0.1) is 0 Å². The molecule has 6 heteroatoms. The van der Waals surface area contributed by atoms with Crippen molar-refractivity contribution in [1.29, 1.82) is 0 Å². The predicted octanol–water partition coefficient (Wildman–Crippen LogP) is 2.34. The van der Waals surface area contributed by atoms with Crippen LogP contribution in [0.2, 0.25) is 0 Å². The summed E-state index contributed by atoms with van der Waals surface area (Å²) in [4.78, 5) is 32.4. The maximum Gasteiger partial charge on any atom is 0.261 e. The van der Waals surface area contributed by atoms with Gasteiger partial charge in [0.25, 0.3) is 11.5 Å². The number of likely N-dealkylation sites (tertiary alicyclic amines) is 1. The summed E-state index contributed by atoms with van der Waals surface area (Å²) >= 11 is 0. The van der Waals surface area contributed by atoms with Crippen molar-refractivity contribution in [1.82, 2.24) is 19.8 Å². The summed E-state index contributed by atoms with van der Waals surface area (Å²) in [5.41, 5.74) is 1.23. The maximum atomic E-state index is 12.8. The van der Waals surface area contributed by atoms with Crippen molar-refractivity contribution in [3.05, 3.63) is 39.9 Å². The molecule has 0 aliphatic carbocycles. The Morgan fingerprint density at radius 1 is 1.22 bits per heavy atom. The van der Waals surface area contributed by atoms with Crippen LogP contribution in [-0.2, 0) is 13.0 Å². The topological polar surface area (TPSA) is 67.2 Å². The van der Waals surface area contributed by atoms with Crippen LogP contribution in [0.5, 0.6) is 0 Å². The lowest BCUT2D eigenvalue weighted by Gasteiger charge is -2.20. The van der Waals surface area contributed by atoms with Crippen molar-refractivity contribution >= 4 is 16.8 Å². The Labute approximate surface area is 159 Å². The minimum absolute atomic E-state index is 0.0203. The van der Waals surface area contributed by atoms with Gasteiger partial charge in [-0.05, 0) is 57.4 Å². The van der Waals surface area contributed by atoms with E-state index in [1.807, 2.05) is 4.57 Å². The van der Waals surface area contributed by atoms with Gasteiger partial charge in [-0.2, -0.15) is 0 Å². The molecule has 2 aliphatic heterocycles. The summed E-state index contributed by atoms with van der Waals surface area (Å²) in [5.74, 6) is 0.756. The van der Waals surface area contributed by atoms with Gasteiger partial charge in [0.1, 0.15) is 5.82 Å².